The van der Waals surface area contributed by atoms with Gasteiger partial charge in [-0.2, -0.15) is 0 Å². The van der Waals surface area contributed by atoms with Crippen LogP contribution in [0, 0.1) is 0 Å². The van der Waals surface area contributed by atoms with Crippen LogP contribution in [0.1, 0.15) is 27.7 Å². The lowest BCUT2D eigenvalue weighted by Crippen LogP contribution is -2.49. The third-order valence-electron chi connectivity index (χ3n) is 2.30. The molecule has 4 N–H and O–H groups in total. The number of hydrogen-bond donors (Lipinski definition) is 3. The first-order valence-corrected chi connectivity index (χ1v) is 6.45. The van der Waals surface area contributed by atoms with Gasteiger partial charge < -0.3 is 21.1 Å². The lowest BCUT2D eigenvalue weighted by molar-refractivity contribution is -0.122. The summed E-state index contributed by atoms with van der Waals surface area (Å²) in [6.07, 6.45) is -0.693. The number of amidine groups is 1. The summed E-state index contributed by atoms with van der Waals surface area (Å²) in [6.45, 7) is 6.79. The van der Waals surface area contributed by atoms with Gasteiger partial charge in [0.1, 0.15) is 17.5 Å². The second-order valence-electron chi connectivity index (χ2n) is 5.32. The summed E-state index contributed by atoms with van der Waals surface area (Å²) in [5.74, 6) is -0.325. The number of allylic oxidation sites excluding steroid dienone is 1. The molecular weight excluding hydrogens is 284 g/mol. The number of carbonyl (C=O) groups excluding carboxylic acids is 2. The molecule has 1 heterocycles. The van der Waals surface area contributed by atoms with Crippen molar-refractivity contribution in [2.45, 2.75) is 39.3 Å². The minimum atomic E-state index is -0.864. The zero-order valence-corrected chi connectivity index (χ0v) is 12.7. The minimum Gasteiger partial charge on any atom is -0.444 e. The molecule has 7 nitrogen and oxygen atoms in total. The number of ether oxygens (including phenoxy) is 1. The lowest BCUT2D eigenvalue weighted by atomic mass is 10.2. The number of aliphatic imine (C=N–C) groups is 1. The molecule has 0 aromatic rings. The van der Waals surface area contributed by atoms with Crippen LogP contribution in [0.3, 0.4) is 0 Å². The Morgan fingerprint density at radius 1 is 1.55 bits per heavy atom. The summed E-state index contributed by atoms with van der Waals surface area (Å²) in [5.41, 5.74) is 5.29. The Morgan fingerprint density at radius 2 is 2.15 bits per heavy atom. The normalized spacial score (nSPS) is 22.4. The van der Waals surface area contributed by atoms with E-state index < -0.39 is 23.6 Å². The summed E-state index contributed by atoms with van der Waals surface area (Å²) < 4.78 is 5.08. The first kappa shape index (κ1) is 16.3. The Balaban J connectivity index is 2.78. The number of hydrogen-bond acceptors (Lipinski definition) is 5. The van der Waals surface area contributed by atoms with E-state index in [1.165, 1.54) is 0 Å². The summed E-state index contributed by atoms with van der Waals surface area (Å²) >= 11 is 5.82. The predicted octanol–water partition coefficient (Wildman–Crippen LogP) is 0.837. The van der Waals surface area contributed by atoms with Crippen molar-refractivity contribution in [3.05, 3.63) is 10.7 Å². The molecule has 1 aliphatic heterocycles. The van der Waals surface area contributed by atoms with E-state index in [9.17, 15) is 9.59 Å². The average Bonchev–Trinajstić information content (AvgIpc) is 2.39. The van der Waals surface area contributed by atoms with Gasteiger partial charge in [0.15, 0.2) is 0 Å². The quantitative estimate of drug-likeness (QED) is 0.667. The molecule has 0 bridgehead atoms. The lowest BCUT2D eigenvalue weighted by Gasteiger charge is -2.22. The Bertz CT molecular complexity index is 476. The molecule has 0 spiro atoms. The SMILES string of the molecule is C/C(Cl)=C1/NC(=O)C(NC(=O)OC(C)(C)C)CN=C1N. The highest BCUT2D eigenvalue weighted by Crippen LogP contribution is 2.10. The van der Waals surface area contributed by atoms with Crippen LogP contribution in [-0.4, -0.2) is 36.0 Å². The third-order valence-corrected chi connectivity index (χ3v) is 2.49. The molecule has 112 valence electrons. The number of rotatable bonds is 1. The minimum absolute atomic E-state index is 0.0184. The van der Waals surface area contributed by atoms with Crippen LogP contribution in [0.5, 0.6) is 0 Å². The van der Waals surface area contributed by atoms with Gasteiger partial charge in [0, 0.05) is 5.03 Å². The fraction of sp³-hybridized carbons (Fsp3) is 0.583. The van der Waals surface area contributed by atoms with E-state index in [-0.39, 0.29) is 18.1 Å². The number of nitrogens with one attached hydrogen (secondary N) is 2. The molecular formula is C12H19ClN4O3. The van der Waals surface area contributed by atoms with E-state index >= 15 is 0 Å². The fourth-order valence-electron chi connectivity index (χ4n) is 1.45. The van der Waals surface area contributed by atoms with E-state index in [0.29, 0.717) is 5.03 Å². The van der Waals surface area contributed by atoms with Crippen molar-refractivity contribution in [3.8, 4) is 0 Å². The monoisotopic (exact) mass is 302 g/mol. The van der Waals surface area contributed by atoms with Crippen LogP contribution in [0.25, 0.3) is 0 Å². The van der Waals surface area contributed by atoms with Crippen molar-refractivity contribution in [1.82, 2.24) is 10.6 Å². The highest BCUT2D eigenvalue weighted by Gasteiger charge is 2.27. The molecule has 0 aromatic heterocycles. The zero-order valence-electron chi connectivity index (χ0n) is 11.9. The molecule has 0 aromatic carbocycles. The van der Waals surface area contributed by atoms with Gasteiger partial charge in [0.25, 0.3) is 0 Å². The highest BCUT2D eigenvalue weighted by molar-refractivity contribution is 6.32. The van der Waals surface area contributed by atoms with Crippen molar-refractivity contribution >= 4 is 29.4 Å². The maximum Gasteiger partial charge on any atom is 0.408 e. The van der Waals surface area contributed by atoms with Gasteiger partial charge in [-0.25, -0.2) is 4.79 Å². The maximum absolute atomic E-state index is 12.0. The van der Waals surface area contributed by atoms with Crippen LogP contribution >= 0.6 is 11.6 Å². The highest BCUT2D eigenvalue weighted by atomic mass is 35.5. The van der Waals surface area contributed by atoms with Gasteiger partial charge in [-0.15, -0.1) is 0 Å². The van der Waals surface area contributed by atoms with Crippen molar-refractivity contribution < 1.29 is 14.3 Å². The van der Waals surface area contributed by atoms with Crippen LogP contribution in [-0.2, 0) is 9.53 Å². The molecule has 0 radical (unpaired) electrons. The van der Waals surface area contributed by atoms with E-state index in [1.54, 1.807) is 27.7 Å². The van der Waals surface area contributed by atoms with E-state index in [0.717, 1.165) is 0 Å². The van der Waals surface area contributed by atoms with Crippen molar-refractivity contribution in [3.63, 3.8) is 0 Å². The molecule has 1 unspecified atom stereocenters. The number of alkyl carbamates (subject to hydrolysis) is 1. The van der Waals surface area contributed by atoms with Gasteiger partial charge in [0.05, 0.1) is 12.2 Å². The van der Waals surface area contributed by atoms with Crippen LogP contribution in [0.15, 0.2) is 15.7 Å². The molecule has 2 amide bonds. The van der Waals surface area contributed by atoms with Gasteiger partial charge in [-0.05, 0) is 27.7 Å². The molecule has 1 aliphatic rings. The number of halogens is 1. The molecule has 0 aliphatic carbocycles. The Morgan fingerprint density at radius 3 is 2.65 bits per heavy atom. The topological polar surface area (TPSA) is 106 Å². The summed E-state index contributed by atoms with van der Waals surface area (Å²) in [6, 6.07) is -0.864. The Kier molecular flexibility index (Phi) is 4.99. The Labute approximate surface area is 122 Å². The van der Waals surface area contributed by atoms with Gasteiger partial charge in [0.2, 0.25) is 5.91 Å². The number of amides is 2. The van der Waals surface area contributed by atoms with Crippen LogP contribution < -0.4 is 16.4 Å². The van der Waals surface area contributed by atoms with Crippen molar-refractivity contribution in [2.24, 2.45) is 10.7 Å². The first-order valence-electron chi connectivity index (χ1n) is 6.07. The molecule has 20 heavy (non-hydrogen) atoms. The van der Waals surface area contributed by atoms with E-state index in [4.69, 9.17) is 22.1 Å². The maximum atomic E-state index is 12.0. The molecule has 8 heteroatoms. The Hall–Kier alpha value is -1.76. The second-order valence-corrected chi connectivity index (χ2v) is 5.89. The molecule has 0 fully saturated rings. The molecule has 0 saturated carbocycles. The van der Waals surface area contributed by atoms with Gasteiger partial charge >= 0.3 is 6.09 Å². The largest absolute Gasteiger partial charge is 0.444 e. The van der Waals surface area contributed by atoms with Gasteiger partial charge in [-0.3, -0.25) is 9.79 Å². The molecule has 1 rings (SSSR count). The molecule has 0 saturated heterocycles. The van der Waals surface area contributed by atoms with E-state index in [1.807, 2.05) is 0 Å². The predicted molar refractivity (Wildman–Crippen MR) is 76.3 cm³/mol. The average molecular weight is 303 g/mol. The van der Waals surface area contributed by atoms with Crippen LogP contribution in [0.4, 0.5) is 4.79 Å². The summed E-state index contributed by atoms with van der Waals surface area (Å²) in [4.78, 5) is 27.6. The summed E-state index contributed by atoms with van der Waals surface area (Å²) in [7, 11) is 0. The van der Waals surface area contributed by atoms with Crippen molar-refractivity contribution in [2.75, 3.05) is 6.54 Å². The van der Waals surface area contributed by atoms with Crippen molar-refractivity contribution in [1.29, 1.82) is 0 Å². The number of nitrogens with two attached hydrogens (primary N) is 1. The second kappa shape index (κ2) is 6.13. The standard InChI is InChI=1S/C12H19ClN4O3/c1-6(13)8-9(14)15-5-7(10(18)17-8)16-11(19)20-12(2,3)4/h7H,5H2,1-4H3,(H2,14,15)(H,16,19)(H,17,18)/b8-6-. The van der Waals surface area contributed by atoms with E-state index in [2.05, 4.69) is 15.6 Å². The van der Waals surface area contributed by atoms with Crippen LogP contribution in [0.2, 0.25) is 0 Å². The number of carbonyl (C=O) groups is 2. The molecule has 1 atom stereocenters. The summed E-state index contributed by atoms with van der Waals surface area (Å²) in [5, 5.41) is 5.29. The first-order chi connectivity index (χ1) is 9.10. The number of nitrogens with zero attached hydrogens (tertiary/aromatic N) is 1. The smallest absolute Gasteiger partial charge is 0.408 e. The third kappa shape index (κ3) is 4.73. The fourth-order valence-corrected chi connectivity index (χ4v) is 1.59. The zero-order chi connectivity index (χ0) is 15.5. The van der Waals surface area contributed by atoms with Gasteiger partial charge in [-0.1, -0.05) is 11.6 Å².